The zero-order valence-electron chi connectivity index (χ0n) is 16.6. The van der Waals surface area contributed by atoms with Crippen LogP contribution in [0.3, 0.4) is 0 Å². The summed E-state index contributed by atoms with van der Waals surface area (Å²) >= 11 is 0. The van der Waals surface area contributed by atoms with Crippen molar-refractivity contribution in [2.45, 2.75) is 39.2 Å². The van der Waals surface area contributed by atoms with Gasteiger partial charge in [0.05, 0.1) is 20.2 Å². The quantitative estimate of drug-likeness (QED) is 0.477. The first-order chi connectivity index (χ1) is 13.3. The summed E-state index contributed by atoms with van der Waals surface area (Å²) in [5.74, 6) is -1.57. The Labute approximate surface area is 165 Å². The van der Waals surface area contributed by atoms with Gasteiger partial charge >= 0.3 is 5.97 Å². The molecule has 0 saturated carbocycles. The normalized spacial score (nSPS) is 11.4. The molecule has 0 aliphatic carbocycles. The van der Waals surface area contributed by atoms with Gasteiger partial charge in [0.25, 0.3) is 0 Å². The first-order valence-corrected chi connectivity index (χ1v) is 9.26. The summed E-state index contributed by atoms with van der Waals surface area (Å²) in [6.07, 6.45) is 1.29. The molecule has 154 valence electrons. The lowest BCUT2D eigenvalue weighted by Gasteiger charge is -2.18. The van der Waals surface area contributed by atoms with Crippen molar-refractivity contribution < 1.29 is 23.9 Å². The fraction of sp³-hybridized carbons (Fsp3) is 0.500. The van der Waals surface area contributed by atoms with Crippen LogP contribution < -0.4 is 16.0 Å². The monoisotopic (exact) mass is 391 g/mol. The summed E-state index contributed by atoms with van der Waals surface area (Å²) in [4.78, 5) is 47.2. The van der Waals surface area contributed by atoms with Crippen molar-refractivity contribution in [2.24, 2.45) is 5.92 Å². The van der Waals surface area contributed by atoms with E-state index in [-0.39, 0.29) is 31.3 Å². The topological polar surface area (TPSA) is 114 Å². The standard InChI is InChI=1S/C20H29N3O5/c1-14(2)11-16(20(27)28-3)23-19(26)13-22-18(25)12-21-17(24)10-9-15-7-5-4-6-8-15/h4-8,14,16H,9-13H2,1-3H3,(H,21,24)(H,22,25)(H,23,26). The van der Waals surface area contributed by atoms with Crippen molar-refractivity contribution in [3.63, 3.8) is 0 Å². The van der Waals surface area contributed by atoms with E-state index >= 15 is 0 Å². The molecule has 1 rings (SSSR count). The summed E-state index contributed by atoms with van der Waals surface area (Å²) in [5, 5.41) is 7.47. The maximum Gasteiger partial charge on any atom is 0.328 e. The molecule has 1 aromatic rings. The van der Waals surface area contributed by atoms with Crippen LogP contribution in [0.1, 0.15) is 32.3 Å². The SMILES string of the molecule is COC(=O)C(CC(C)C)NC(=O)CNC(=O)CNC(=O)CCc1ccccc1. The van der Waals surface area contributed by atoms with Crippen LogP contribution in [0.4, 0.5) is 0 Å². The van der Waals surface area contributed by atoms with Crippen LogP contribution in [0.15, 0.2) is 30.3 Å². The van der Waals surface area contributed by atoms with Gasteiger partial charge in [-0.3, -0.25) is 14.4 Å². The third-order valence-electron chi connectivity index (χ3n) is 3.90. The van der Waals surface area contributed by atoms with Crippen molar-refractivity contribution in [2.75, 3.05) is 20.2 Å². The third-order valence-corrected chi connectivity index (χ3v) is 3.90. The maximum atomic E-state index is 11.9. The molecule has 0 heterocycles. The molecule has 0 aliphatic rings. The molecule has 8 heteroatoms. The van der Waals surface area contributed by atoms with Gasteiger partial charge in [0.2, 0.25) is 17.7 Å². The van der Waals surface area contributed by atoms with Gasteiger partial charge in [0.1, 0.15) is 6.04 Å². The fourth-order valence-electron chi connectivity index (χ4n) is 2.48. The van der Waals surface area contributed by atoms with Crippen molar-refractivity contribution in [1.82, 2.24) is 16.0 Å². The van der Waals surface area contributed by atoms with E-state index in [2.05, 4.69) is 20.7 Å². The number of aryl methyl sites for hydroxylation is 1. The first-order valence-electron chi connectivity index (χ1n) is 9.26. The summed E-state index contributed by atoms with van der Waals surface area (Å²) in [7, 11) is 1.25. The minimum atomic E-state index is -0.757. The number of methoxy groups -OCH3 is 1. The van der Waals surface area contributed by atoms with Gasteiger partial charge in [-0.15, -0.1) is 0 Å². The minimum absolute atomic E-state index is 0.185. The average molecular weight is 391 g/mol. The molecule has 28 heavy (non-hydrogen) atoms. The number of benzene rings is 1. The molecule has 0 spiro atoms. The van der Waals surface area contributed by atoms with Gasteiger partial charge in [-0.25, -0.2) is 4.79 Å². The molecule has 1 unspecified atom stereocenters. The predicted molar refractivity (Wildman–Crippen MR) is 104 cm³/mol. The number of hydrogen-bond donors (Lipinski definition) is 3. The van der Waals surface area contributed by atoms with E-state index in [1.54, 1.807) is 0 Å². The predicted octanol–water partition coefficient (Wildman–Crippen LogP) is 0.556. The van der Waals surface area contributed by atoms with Crippen molar-refractivity contribution >= 4 is 23.7 Å². The molecule has 0 fully saturated rings. The molecule has 1 aromatic carbocycles. The largest absolute Gasteiger partial charge is 0.467 e. The van der Waals surface area contributed by atoms with E-state index in [1.807, 2.05) is 44.2 Å². The zero-order valence-corrected chi connectivity index (χ0v) is 16.6. The number of ether oxygens (including phenoxy) is 1. The first kappa shape index (κ1) is 23.1. The number of nitrogens with one attached hydrogen (secondary N) is 3. The fourth-order valence-corrected chi connectivity index (χ4v) is 2.48. The Morgan fingerprint density at radius 2 is 1.54 bits per heavy atom. The summed E-state index contributed by atoms with van der Waals surface area (Å²) in [6.45, 7) is 3.34. The maximum absolute atomic E-state index is 11.9. The molecular formula is C20H29N3O5. The van der Waals surface area contributed by atoms with E-state index in [1.165, 1.54) is 7.11 Å². The van der Waals surface area contributed by atoms with E-state index < -0.39 is 23.8 Å². The van der Waals surface area contributed by atoms with E-state index in [0.717, 1.165) is 5.56 Å². The molecule has 0 aliphatic heterocycles. The Balaban J connectivity index is 2.28. The number of carbonyl (C=O) groups is 4. The van der Waals surface area contributed by atoms with E-state index in [4.69, 9.17) is 0 Å². The van der Waals surface area contributed by atoms with Gasteiger partial charge in [-0.05, 0) is 24.3 Å². The number of rotatable bonds is 11. The minimum Gasteiger partial charge on any atom is -0.467 e. The smallest absolute Gasteiger partial charge is 0.328 e. The van der Waals surface area contributed by atoms with E-state index in [9.17, 15) is 19.2 Å². The van der Waals surface area contributed by atoms with Crippen LogP contribution in [-0.2, 0) is 30.3 Å². The average Bonchev–Trinajstić information content (AvgIpc) is 2.68. The number of esters is 1. The van der Waals surface area contributed by atoms with Crippen molar-refractivity contribution in [3.05, 3.63) is 35.9 Å². The van der Waals surface area contributed by atoms with Crippen LogP contribution in [0, 0.1) is 5.92 Å². The van der Waals surface area contributed by atoms with Gasteiger partial charge in [-0.1, -0.05) is 44.2 Å². The summed E-state index contributed by atoms with van der Waals surface area (Å²) in [6, 6.07) is 8.81. The highest BCUT2D eigenvalue weighted by Crippen LogP contribution is 2.06. The second-order valence-corrected chi connectivity index (χ2v) is 6.81. The van der Waals surface area contributed by atoms with Gasteiger partial charge in [0.15, 0.2) is 0 Å². The highest BCUT2D eigenvalue weighted by Gasteiger charge is 2.22. The van der Waals surface area contributed by atoms with Gasteiger partial charge in [-0.2, -0.15) is 0 Å². The molecule has 3 N–H and O–H groups in total. The molecule has 8 nitrogen and oxygen atoms in total. The molecule has 0 aromatic heterocycles. The lowest BCUT2D eigenvalue weighted by molar-refractivity contribution is -0.145. The number of carbonyl (C=O) groups excluding carboxylic acids is 4. The summed E-state index contributed by atoms with van der Waals surface area (Å²) in [5.41, 5.74) is 1.04. The van der Waals surface area contributed by atoms with Crippen LogP contribution in [0.25, 0.3) is 0 Å². The molecule has 1 atom stereocenters. The van der Waals surface area contributed by atoms with Crippen molar-refractivity contribution in [1.29, 1.82) is 0 Å². The second-order valence-electron chi connectivity index (χ2n) is 6.81. The Morgan fingerprint density at radius 3 is 2.14 bits per heavy atom. The number of amides is 3. The van der Waals surface area contributed by atoms with Crippen LogP contribution in [0.2, 0.25) is 0 Å². The highest BCUT2D eigenvalue weighted by molar-refractivity contribution is 5.90. The lowest BCUT2D eigenvalue weighted by atomic mass is 10.0. The van der Waals surface area contributed by atoms with Gasteiger partial charge < -0.3 is 20.7 Å². The Morgan fingerprint density at radius 1 is 0.929 bits per heavy atom. The van der Waals surface area contributed by atoms with Gasteiger partial charge in [0, 0.05) is 6.42 Å². The van der Waals surface area contributed by atoms with Crippen LogP contribution in [-0.4, -0.2) is 49.9 Å². The molecule has 0 bridgehead atoms. The van der Waals surface area contributed by atoms with E-state index in [0.29, 0.717) is 12.8 Å². The van der Waals surface area contributed by atoms with Crippen LogP contribution in [0.5, 0.6) is 0 Å². The second kappa shape index (κ2) is 12.5. The highest BCUT2D eigenvalue weighted by atomic mass is 16.5. The Kier molecular flexibility index (Phi) is 10.3. The molecular weight excluding hydrogens is 362 g/mol. The van der Waals surface area contributed by atoms with Crippen LogP contribution >= 0.6 is 0 Å². The Bertz CT molecular complexity index is 661. The third kappa shape index (κ3) is 9.70. The Hall–Kier alpha value is -2.90. The van der Waals surface area contributed by atoms with Crippen molar-refractivity contribution in [3.8, 4) is 0 Å². The number of hydrogen-bond acceptors (Lipinski definition) is 5. The molecule has 3 amide bonds. The molecule has 0 saturated heterocycles. The zero-order chi connectivity index (χ0) is 20.9. The lowest BCUT2D eigenvalue weighted by Crippen LogP contribution is -2.47. The molecule has 0 radical (unpaired) electrons. The summed E-state index contributed by atoms with van der Waals surface area (Å²) < 4.78 is 4.67.